The van der Waals surface area contributed by atoms with E-state index in [-0.39, 0.29) is 0 Å². The molecule has 0 aliphatic carbocycles. The molecule has 1 atom stereocenters. The van der Waals surface area contributed by atoms with E-state index in [1.165, 1.54) is 193 Å². The number of unbranched alkanes of at least 4 members (excludes halogenated alkanes) is 28. The molecule has 0 saturated carbocycles. The molecule has 0 radical (unpaired) electrons. The molecule has 2 heteroatoms. The van der Waals surface area contributed by atoms with Crippen LogP contribution < -0.4 is 5.73 Å². The zero-order valence-corrected chi connectivity index (χ0v) is 26.9. The molecule has 0 bridgehead atoms. The zero-order chi connectivity index (χ0) is 27.6. The Morgan fingerprint density at radius 3 is 0.921 bits per heavy atom. The predicted molar refractivity (Wildman–Crippen MR) is 173 cm³/mol. The largest absolute Gasteiger partial charge is 0.377 e. The average molecular weight is 538 g/mol. The van der Waals surface area contributed by atoms with E-state index in [1.54, 1.807) is 0 Å². The molecule has 0 heterocycles. The predicted octanol–water partition coefficient (Wildman–Crippen LogP) is 12.5. The summed E-state index contributed by atoms with van der Waals surface area (Å²) in [4.78, 5) is 0. The summed E-state index contributed by atoms with van der Waals surface area (Å²) >= 11 is 0. The molecule has 0 rings (SSSR count). The highest BCUT2D eigenvalue weighted by atomic mass is 16.5. The Hall–Kier alpha value is -0.0800. The summed E-state index contributed by atoms with van der Waals surface area (Å²) in [7, 11) is 0. The van der Waals surface area contributed by atoms with Crippen molar-refractivity contribution >= 4 is 0 Å². The minimum Gasteiger partial charge on any atom is -0.377 e. The lowest BCUT2D eigenvalue weighted by molar-refractivity contribution is 0.0489. The maximum absolute atomic E-state index is 6.10. The average Bonchev–Trinajstić information content (AvgIpc) is 2.93. The topological polar surface area (TPSA) is 35.2 Å². The molecule has 0 aliphatic heterocycles. The fourth-order valence-electron chi connectivity index (χ4n) is 5.74. The van der Waals surface area contributed by atoms with Crippen molar-refractivity contribution in [3.05, 3.63) is 0 Å². The summed E-state index contributed by atoms with van der Waals surface area (Å²) < 4.78 is 6.10. The van der Waals surface area contributed by atoms with Gasteiger partial charge in [-0.25, -0.2) is 0 Å². The smallest absolute Gasteiger partial charge is 0.0697 e. The summed E-state index contributed by atoms with van der Waals surface area (Å²) in [6.45, 7) is 6.21. The van der Waals surface area contributed by atoms with Gasteiger partial charge in [-0.3, -0.25) is 0 Å². The molecule has 0 fully saturated rings. The molecule has 38 heavy (non-hydrogen) atoms. The second-order valence-corrected chi connectivity index (χ2v) is 12.4. The van der Waals surface area contributed by atoms with Gasteiger partial charge in [-0.2, -0.15) is 0 Å². The van der Waals surface area contributed by atoms with Crippen molar-refractivity contribution in [1.29, 1.82) is 0 Å². The third-order valence-corrected chi connectivity index (χ3v) is 8.49. The van der Waals surface area contributed by atoms with Gasteiger partial charge in [0.05, 0.1) is 6.10 Å². The van der Waals surface area contributed by atoms with Gasteiger partial charge in [0, 0.05) is 13.2 Å². The van der Waals surface area contributed by atoms with Crippen molar-refractivity contribution in [2.75, 3.05) is 13.2 Å². The zero-order valence-electron chi connectivity index (χ0n) is 26.9. The molecule has 0 amide bonds. The van der Waals surface area contributed by atoms with Gasteiger partial charge in [-0.1, -0.05) is 200 Å². The quantitative estimate of drug-likeness (QED) is 0.0828. The van der Waals surface area contributed by atoms with Crippen molar-refractivity contribution in [1.82, 2.24) is 0 Å². The van der Waals surface area contributed by atoms with Gasteiger partial charge in [0.25, 0.3) is 0 Å². The molecule has 0 spiro atoms. The molecular formula is C36H75NO. The highest BCUT2D eigenvalue weighted by Crippen LogP contribution is 2.16. The third-order valence-electron chi connectivity index (χ3n) is 8.49. The van der Waals surface area contributed by atoms with Crippen LogP contribution in [0.25, 0.3) is 0 Å². The Morgan fingerprint density at radius 1 is 0.368 bits per heavy atom. The summed E-state index contributed by atoms with van der Waals surface area (Å²) in [6.07, 6.45) is 44.1. The number of ether oxygens (including phenoxy) is 1. The van der Waals surface area contributed by atoms with Crippen molar-refractivity contribution in [3.8, 4) is 0 Å². The molecule has 0 aromatic rings. The van der Waals surface area contributed by atoms with E-state index in [0.29, 0.717) is 12.6 Å². The summed E-state index contributed by atoms with van der Waals surface area (Å²) in [5.74, 6) is 0. The van der Waals surface area contributed by atoms with E-state index >= 15 is 0 Å². The normalized spacial score (nSPS) is 12.4. The van der Waals surface area contributed by atoms with Crippen LogP contribution in [0.2, 0.25) is 0 Å². The molecule has 230 valence electrons. The summed E-state index contributed by atoms with van der Waals surface area (Å²) in [5, 5.41) is 0. The van der Waals surface area contributed by atoms with Gasteiger partial charge in [0.2, 0.25) is 0 Å². The van der Waals surface area contributed by atoms with Gasteiger partial charge in [-0.05, 0) is 12.8 Å². The van der Waals surface area contributed by atoms with Crippen molar-refractivity contribution in [3.63, 3.8) is 0 Å². The maximum Gasteiger partial charge on any atom is 0.0697 e. The summed E-state index contributed by atoms with van der Waals surface area (Å²) in [5.41, 5.74) is 5.97. The Bertz CT molecular complexity index is 399. The van der Waals surface area contributed by atoms with Crippen LogP contribution in [0.15, 0.2) is 0 Å². The molecule has 2 nitrogen and oxygen atoms in total. The van der Waals surface area contributed by atoms with Gasteiger partial charge in [0.15, 0.2) is 0 Å². The van der Waals surface area contributed by atoms with Crippen LogP contribution in [-0.2, 0) is 4.74 Å². The second-order valence-electron chi connectivity index (χ2n) is 12.4. The molecule has 0 aromatic heterocycles. The van der Waals surface area contributed by atoms with Crippen molar-refractivity contribution < 1.29 is 4.74 Å². The first kappa shape index (κ1) is 37.9. The molecule has 2 N–H and O–H groups in total. The van der Waals surface area contributed by atoms with Crippen LogP contribution >= 0.6 is 0 Å². The minimum absolute atomic E-state index is 0.295. The van der Waals surface area contributed by atoms with E-state index in [4.69, 9.17) is 10.5 Å². The fraction of sp³-hybridized carbons (Fsp3) is 1.00. The van der Waals surface area contributed by atoms with Gasteiger partial charge >= 0.3 is 0 Å². The summed E-state index contributed by atoms with van der Waals surface area (Å²) in [6, 6.07) is 0. The Labute approximate surface area is 242 Å². The highest BCUT2D eigenvalue weighted by molar-refractivity contribution is 4.60. The van der Waals surface area contributed by atoms with E-state index in [0.717, 1.165) is 13.0 Å². The third kappa shape index (κ3) is 32.1. The van der Waals surface area contributed by atoms with Crippen LogP contribution in [0.3, 0.4) is 0 Å². The Kier molecular flexibility index (Phi) is 34.9. The second kappa shape index (κ2) is 34.9. The van der Waals surface area contributed by atoms with E-state index in [2.05, 4.69) is 13.8 Å². The van der Waals surface area contributed by atoms with Crippen molar-refractivity contribution in [2.24, 2.45) is 5.73 Å². The lowest BCUT2D eigenvalue weighted by atomic mass is 10.0. The molecule has 0 aromatic carbocycles. The standard InChI is InChI=1S/C36H75NO/c1-3-5-7-9-11-13-15-17-19-20-21-23-25-27-29-31-33-36(35-37)38-34-32-30-28-26-24-22-18-16-14-12-10-8-6-4-2/h36H,3-35,37H2,1-2H3. The SMILES string of the molecule is CCCCCCCCCCCCCCCCCCC(CN)OCCCCCCCCCCCCCCCC. The van der Waals surface area contributed by atoms with Crippen LogP contribution in [-0.4, -0.2) is 19.3 Å². The monoisotopic (exact) mass is 538 g/mol. The van der Waals surface area contributed by atoms with Gasteiger partial charge in [0.1, 0.15) is 0 Å². The number of hydrogen-bond donors (Lipinski definition) is 1. The number of rotatable bonds is 34. The lowest BCUT2D eigenvalue weighted by Crippen LogP contribution is -2.24. The van der Waals surface area contributed by atoms with Gasteiger partial charge in [-0.15, -0.1) is 0 Å². The van der Waals surface area contributed by atoms with Crippen LogP contribution in [0.4, 0.5) is 0 Å². The lowest BCUT2D eigenvalue weighted by Gasteiger charge is -2.16. The van der Waals surface area contributed by atoms with Crippen LogP contribution in [0.1, 0.15) is 213 Å². The Morgan fingerprint density at radius 2 is 0.632 bits per heavy atom. The number of hydrogen-bond acceptors (Lipinski definition) is 2. The minimum atomic E-state index is 0.295. The molecule has 1 unspecified atom stereocenters. The van der Waals surface area contributed by atoms with Crippen LogP contribution in [0.5, 0.6) is 0 Å². The van der Waals surface area contributed by atoms with E-state index in [1.807, 2.05) is 0 Å². The van der Waals surface area contributed by atoms with E-state index in [9.17, 15) is 0 Å². The van der Waals surface area contributed by atoms with E-state index < -0.39 is 0 Å². The van der Waals surface area contributed by atoms with Gasteiger partial charge < -0.3 is 10.5 Å². The Balaban J connectivity index is 3.25. The maximum atomic E-state index is 6.10. The first-order valence-electron chi connectivity index (χ1n) is 18.2. The molecule has 0 aliphatic rings. The van der Waals surface area contributed by atoms with Crippen LogP contribution in [0, 0.1) is 0 Å². The first-order chi connectivity index (χ1) is 18.8. The number of nitrogens with two attached hydrogens (primary N) is 1. The first-order valence-corrected chi connectivity index (χ1v) is 18.2. The van der Waals surface area contributed by atoms with Crippen molar-refractivity contribution in [2.45, 2.75) is 219 Å². The highest BCUT2D eigenvalue weighted by Gasteiger charge is 2.06. The molecular weight excluding hydrogens is 462 g/mol. The fourth-order valence-corrected chi connectivity index (χ4v) is 5.74. The molecule has 0 saturated heterocycles.